The smallest absolute Gasteiger partial charge is 0.326 e. The van der Waals surface area contributed by atoms with Crippen molar-refractivity contribution in [2.24, 2.45) is 0 Å². The van der Waals surface area contributed by atoms with Crippen LogP contribution in [0.5, 0.6) is 0 Å². The number of benzene rings is 2. The van der Waals surface area contributed by atoms with Crippen molar-refractivity contribution < 1.29 is 9.53 Å². The highest BCUT2D eigenvalue weighted by Crippen LogP contribution is 2.30. The van der Waals surface area contributed by atoms with Gasteiger partial charge in [-0.15, -0.1) is 10.2 Å². The summed E-state index contributed by atoms with van der Waals surface area (Å²) < 4.78 is 6.45. The SMILES string of the molecule is CCCc1nc(C)n(CC(=O)OCC)c(=O)c1Cc1ccc(-c2ccccc2-c2nn[nH]n2)cc1. The molecule has 0 saturated carbocycles. The summed E-state index contributed by atoms with van der Waals surface area (Å²) in [5, 5.41) is 14.4. The van der Waals surface area contributed by atoms with Gasteiger partial charge in [0.15, 0.2) is 0 Å². The highest BCUT2D eigenvalue weighted by atomic mass is 16.5. The molecule has 0 radical (unpaired) electrons. The molecular formula is C26H28N6O3. The molecule has 0 bridgehead atoms. The summed E-state index contributed by atoms with van der Waals surface area (Å²) in [5.74, 6) is 0.601. The quantitative estimate of drug-likeness (QED) is 0.371. The van der Waals surface area contributed by atoms with Crippen LogP contribution in [0.4, 0.5) is 0 Å². The number of esters is 1. The molecule has 1 N–H and O–H groups in total. The van der Waals surface area contributed by atoms with Crippen molar-refractivity contribution in [3.63, 3.8) is 0 Å². The van der Waals surface area contributed by atoms with Gasteiger partial charge in [-0.3, -0.25) is 14.2 Å². The molecule has 2 aromatic heterocycles. The Hall–Kier alpha value is -4.14. The van der Waals surface area contributed by atoms with E-state index in [4.69, 9.17) is 4.74 Å². The van der Waals surface area contributed by atoms with Gasteiger partial charge in [0.05, 0.1) is 12.3 Å². The minimum absolute atomic E-state index is 0.142. The molecule has 0 aliphatic rings. The van der Waals surface area contributed by atoms with Crippen molar-refractivity contribution in [2.45, 2.75) is 46.6 Å². The summed E-state index contributed by atoms with van der Waals surface area (Å²) in [7, 11) is 0. The Morgan fingerprint density at radius 1 is 1.06 bits per heavy atom. The van der Waals surface area contributed by atoms with Gasteiger partial charge >= 0.3 is 5.97 Å². The summed E-state index contributed by atoms with van der Waals surface area (Å²) in [6, 6.07) is 15.9. The molecule has 0 amide bonds. The first-order valence-electron chi connectivity index (χ1n) is 11.7. The monoisotopic (exact) mass is 472 g/mol. The fourth-order valence-corrected chi connectivity index (χ4v) is 4.11. The lowest BCUT2D eigenvalue weighted by Crippen LogP contribution is -2.32. The van der Waals surface area contributed by atoms with E-state index < -0.39 is 5.97 Å². The average Bonchev–Trinajstić information content (AvgIpc) is 3.40. The van der Waals surface area contributed by atoms with E-state index in [0.717, 1.165) is 34.4 Å². The molecule has 2 aromatic carbocycles. The highest BCUT2D eigenvalue weighted by molar-refractivity contribution is 5.80. The maximum absolute atomic E-state index is 13.4. The summed E-state index contributed by atoms with van der Waals surface area (Å²) in [5.41, 5.74) is 5.05. The lowest BCUT2D eigenvalue weighted by atomic mass is 9.96. The summed E-state index contributed by atoms with van der Waals surface area (Å²) >= 11 is 0. The number of aromatic nitrogens is 6. The standard InChI is InChI=1S/C26H28N6O3/c1-4-8-23-22(26(34)32(17(3)27-23)16-24(33)35-5-2)15-18-11-13-19(14-12-18)20-9-6-7-10-21(20)25-28-30-31-29-25/h6-7,9-14H,4-5,8,15-16H2,1-3H3,(H,28,29,30,31). The number of rotatable bonds is 9. The number of hydrogen-bond donors (Lipinski definition) is 1. The number of carbonyl (C=O) groups excluding carboxylic acids is 1. The van der Waals surface area contributed by atoms with Gasteiger partial charge in [0.1, 0.15) is 12.4 Å². The van der Waals surface area contributed by atoms with Crippen LogP contribution in [0, 0.1) is 6.92 Å². The van der Waals surface area contributed by atoms with Crippen LogP contribution >= 0.6 is 0 Å². The van der Waals surface area contributed by atoms with Crippen molar-refractivity contribution in [1.82, 2.24) is 30.2 Å². The summed E-state index contributed by atoms with van der Waals surface area (Å²) in [4.78, 5) is 30.1. The molecule has 9 nitrogen and oxygen atoms in total. The van der Waals surface area contributed by atoms with Gasteiger partial charge in [-0.2, -0.15) is 5.21 Å². The lowest BCUT2D eigenvalue weighted by Gasteiger charge is -2.15. The number of nitrogens with zero attached hydrogens (tertiary/aromatic N) is 5. The first kappa shape index (κ1) is 24.0. The van der Waals surface area contributed by atoms with Crippen LogP contribution < -0.4 is 5.56 Å². The van der Waals surface area contributed by atoms with Crippen LogP contribution in [0.25, 0.3) is 22.5 Å². The average molecular weight is 473 g/mol. The molecule has 0 fully saturated rings. The van der Waals surface area contributed by atoms with Crippen molar-refractivity contribution in [1.29, 1.82) is 0 Å². The van der Waals surface area contributed by atoms with Crippen LogP contribution in [-0.4, -0.2) is 42.8 Å². The molecule has 9 heteroatoms. The molecule has 0 spiro atoms. The zero-order valence-corrected chi connectivity index (χ0v) is 20.1. The van der Waals surface area contributed by atoms with Crippen molar-refractivity contribution in [3.8, 4) is 22.5 Å². The van der Waals surface area contributed by atoms with Crippen LogP contribution in [-0.2, 0) is 28.9 Å². The minimum Gasteiger partial charge on any atom is -0.465 e. The second-order valence-electron chi connectivity index (χ2n) is 8.19. The van der Waals surface area contributed by atoms with Crippen molar-refractivity contribution >= 4 is 5.97 Å². The van der Waals surface area contributed by atoms with Gasteiger partial charge in [0.25, 0.3) is 5.56 Å². The topological polar surface area (TPSA) is 116 Å². The van der Waals surface area contributed by atoms with Gasteiger partial charge in [-0.1, -0.05) is 61.9 Å². The first-order chi connectivity index (χ1) is 17.0. The predicted molar refractivity (Wildman–Crippen MR) is 132 cm³/mol. The Bertz CT molecular complexity index is 1360. The number of aromatic amines is 1. The Morgan fingerprint density at radius 2 is 1.80 bits per heavy atom. The second kappa shape index (κ2) is 10.9. The zero-order chi connectivity index (χ0) is 24.8. The van der Waals surface area contributed by atoms with E-state index in [0.29, 0.717) is 30.1 Å². The Balaban J connectivity index is 1.66. The van der Waals surface area contributed by atoms with Gasteiger partial charge in [-0.25, -0.2) is 4.98 Å². The highest BCUT2D eigenvalue weighted by Gasteiger charge is 2.17. The number of ether oxygens (including phenoxy) is 1. The van der Waals surface area contributed by atoms with Crippen LogP contribution in [0.15, 0.2) is 53.3 Å². The van der Waals surface area contributed by atoms with E-state index in [1.807, 2.05) is 48.5 Å². The van der Waals surface area contributed by atoms with Gasteiger partial charge in [0.2, 0.25) is 5.82 Å². The maximum Gasteiger partial charge on any atom is 0.326 e. The largest absolute Gasteiger partial charge is 0.465 e. The lowest BCUT2D eigenvalue weighted by molar-refractivity contribution is -0.143. The molecule has 0 saturated heterocycles. The predicted octanol–water partition coefficient (Wildman–Crippen LogP) is 3.51. The molecular weight excluding hydrogens is 444 g/mol. The minimum atomic E-state index is -0.446. The van der Waals surface area contributed by atoms with Crippen LogP contribution in [0.1, 0.15) is 42.9 Å². The molecule has 0 unspecified atom stereocenters. The van der Waals surface area contributed by atoms with Gasteiger partial charge in [-0.05, 0) is 42.2 Å². The molecule has 180 valence electrons. The molecule has 0 atom stereocenters. The first-order valence-corrected chi connectivity index (χ1v) is 11.7. The molecule has 4 rings (SSSR count). The van der Waals surface area contributed by atoms with Gasteiger partial charge in [0, 0.05) is 17.5 Å². The molecule has 35 heavy (non-hydrogen) atoms. The second-order valence-corrected chi connectivity index (χ2v) is 8.19. The fourth-order valence-electron chi connectivity index (χ4n) is 4.11. The molecule has 0 aliphatic carbocycles. The molecule has 2 heterocycles. The van der Waals surface area contributed by atoms with E-state index >= 15 is 0 Å². The zero-order valence-electron chi connectivity index (χ0n) is 20.1. The third-order valence-electron chi connectivity index (χ3n) is 5.78. The fraction of sp³-hybridized carbons (Fsp3) is 0.308. The Kier molecular flexibility index (Phi) is 7.45. The number of aryl methyl sites for hydroxylation is 2. The van der Waals surface area contributed by atoms with E-state index in [1.54, 1.807) is 13.8 Å². The number of H-pyrrole nitrogens is 1. The summed E-state index contributed by atoms with van der Waals surface area (Å²) in [6.45, 7) is 5.67. The number of tetrazole rings is 1. The van der Waals surface area contributed by atoms with Gasteiger partial charge < -0.3 is 4.74 Å². The van der Waals surface area contributed by atoms with Crippen LogP contribution in [0.2, 0.25) is 0 Å². The van der Waals surface area contributed by atoms with E-state index in [2.05, 4.69) is 32.5 Å². The molecule has 4 aromatic rings. The number of hydrogen-bond acceptors (Lipinski definition) is 7. The third-order valence-corrected chi connectivity index (χ3v) is 5.78. The van der Waals surface area contributed by atoms with E-state index in [9.17, 15) is 9.59 Å². The summed E-state index contributed by atoms with van der Waals surface area (Å²) in [6.07, 6.45) is 1.99. The third kappa shape index (κ3) is 5.34. The Morgan fingerprint density at radius 3 is 2.46 bits per heavy atom. The van der Waals surface area contributed by atoms with E-state index in [1.165, 1.54) is 4.57 Å². The van der Waals surface area contributed by atoms with Crippen LogP contribution in [0.3, 0.4) is 0 Å². The number of carbonyl (C=O) groups is 1. The van der Waals surface area contributed by atoms with Crippen molar-refractivity contribution in [3.05, 3.63) is 81.5 Å². The normalized spacial score (nSPS) is 10.9. The Labute approximate surface area is 203 Å². The molecule has 0 aliphatic heterocycles. The van der Waals surface area contributed by atoms with Crippen molar-refractivity contribution in [2.75, 3.05) is 6.61 Å². The maximum atomic E-state index is 13.4. The number of nitrogens with one attached hydrogen (secondary N) is 1. The van der Waals surface area contributed by atoms with E-state index in [-0.39, 0.29) is 18.7 Å².